The van der Waals surface area contributed by atoms with Crippen LogP contribution in [0.15, 0.2) is 48.5 Å². The number of benzene rings is 2. The summed E-state index contributed by atoms with van der Waals surface area (Å²) in [7, 11) is 1.59. The summed E-state index contributed by atoms with van der Waals surface area (Å²) in [5.41, 5.74) is 5.89. The molecule has 3 N–H and O–H groups in total. The van der Waals surface area contributed by atoms with Crippen molar-refractivity contribution in [2.75, 3.05) is 7.11 Å². The largest absolute Gasteiger partial charge is 0.497 e. The van der Waals surface area contributed by atoms with Gasteiger partial charge in [-0.05, 0) is 42.0 Å². The Bertz CT molecular complexity index is 672. The lowest BCUT2D eigenvalue weighted by molar-refractivity contribution is 0.0936. The summed E-state index contributed by atoms with van der Waals surface area (Å²) in [6.45, 7) is 0.326. The minimum absolute atomic E-state index is 0.326. The Morgan fingerprint density at radius 1 is 1.00 bits per heavy atom. The summed E-state index contributed by atoms with van der Waals surface area (Å²) >= 11 is 5.74. The van der Waals surface area contributed by atoms with E-state index in [2.05, 4.69) is 16.2 Å². The maximum atomic E-state index is 11.8. The van der Waals surface area contributed by atoms with Gasteiger partial charge in [0.15, 0.2) is 0 Å². The number of ether oxygens (including phenoxy) is 1. The normalized spacial score (nSPS) is 9.83. The van der Waals surface area contributed by atoms with E-state index in [1.54, 1.807) is 43.5 Å². The van der Waals surface area contributed by atoms with E-state index >= 15 is 0 Å². The molecule has 0 aliphatic carbocycles. The molecule has 120 valence electrons. The van der Waals surface area contributed by atoms with Crippen LogP contribution < -0.4 is 20.9 Å². The Kier molecular flexibility index (Phi) is 5.82. The van der Waals surface area contributed by atoms with Crippen LogP contribution in [0.25, 0.3) is 0 Å². The maximum absolute atomic E-state index is 11.8. The molecule has 0 saturated carbocycles. The molecular weight excluding hydrogens is 318 g/mol. The number of methoxy groups -OCH3 is 1. The molecule has 0 saturated heterocycles. The number of amides is 3. The smallest absolute Gasteiger partial charge is 0.333 e. The highest BCUT2D eigenvalue weighted by molar-refractivity contribution is 6.30. The molecule has 2 aromatic rings. The average Bonchev–Trinajstić information content (AvgIpc) is 2.59. The first-order chi connectivity index (χ1) is 11.1. The van der Waals surface area contributed by atoms with Crippen LogP contribution in [0.3, 0.4) is 0 Å². The second kappa shape index (κ2) is 8.05. The SMILES string of the molecule is COc1ccc(CNC(=O)NNC(=O)c2ccc(Cl)cc2)cc1. The van der Waals surface area contributed by atoms with E-state index in [0.717, 1.165) is 11.3 Å². The second-order valence-electron chi connectivity index (χ2n) is 4.62. The highest BCUT2D eigenvalue weighted by Gasteiger charge is 2.06. The van der Waals surface area contributed by atoms with Crippen molar-refractivity contribution in [1.82, 2.24) is 16.2 Å². The Labute approximate surface area is 138 Å². The molecule has 0 spiro atoms. The van der Waals surface area contributed by atoms with Gasteiger partial charge in [0.05, 0.1) is 7.11 Å². The Morgan fingerprint density at radius 3 is 2.26 bits per heavy atom. The van der Waals surface area contributed by atoms with Crippen molar-refractivity contribution in [2.45, 2.75) is 6.54 Å². The number of nitrogens with one attached hydrogen (secondary N) is 3. The lowest BCUT2D eigenvalue weighted by atomic mass is 10.2. The molecule has 0 aromatic heterocycles. The molecule has 0 unspecified atom stereocenters. The second-order valence-corrected chi connectivity index (χ2v) is 5.05. The van der Waals surface area contributed by atoms with E-state index in [0.29, 0.717) is 17.1 Å². The van der Waals surface area contributed by atoms with Crippen LogP contribution in [0.1, 0.15) is 15.9 Å². The van der Waals surface area contributed by atoms with Crippen molar-refractivity contribution in [3.8, 4) is 5.75 Å². The molecule has 0 atom stereocenters. The van der Waals surface area contributed by atoms with E-state index in [-0.39, 0.29) is 0 Å². The fourth-order valence-corrected chi connectivity index (χ4v) is 1.88. The number of urea groups is 1. The summed E-state index contributed by atoms with van der Waals surface area (Å²) in [6, 6.07) is 13.1. The molecule has 0 aliphatic rings. The first kappa shape index (κ1) is 16.6. The zero-order valence-electron chi connectivity index (χ0n) is 12.4. The fraction of sp³-hybridized carbons (Fsp3) is 0.125. The summed E-state index contributed by atoms with van der Waals surface area (Å²) in [4.78, 5) is 23.4. The van der Waals surface area contributed by atoms with Crippen molar-refractivity contribution in [3.63, 3.8) is 0 Å². The van der Waals surface area contributed by atoms with E-state index in [4.69, 9.17) is 16.3 Å². The Morgan fingerprint density at radius 2 is 1.65 bits per heavy atom. The van der Waals surface area contributed by atoms with Crippen LogP contribution >= 0.6 is 11.6 Å². The van der Waals surface area contributed by atoms with E-state index in [9.17, 15) is 9.59 Å². The predicted molar refractivity (Wildman–Crippen MR) is 87.3 cm³/mol. The van der Waals surface area contributed by atoms with Crippen LogP contribution in [0.5, 0.6) is 5.75 Å². The average molecular weight is 334 g/mol. The van der Waals surface area contributed by atoms with Gasteiger partial charge in [0.25, 0.3) is 5.91 Å². The molecule has 2 rings (SSSR count). The molecular formula is C16H16ClN3O3. The molecule has 3 amide bonds. The van der Waals surface area contributed by atoms with Crippen LogP contribution in [-0.4, -0.2) is 19.0 Å². The van der Waals surface area contributed by atoms with E-state index < -0.39 is 11.9 Å². The number of halogens is 1. The van der Waals surface area contributed by atoms with Gasteiger partial charge in [0.1, 0.15) is 5.75 Å². The van der Waals surface area contributed by atoms with Crippen LogP contribution in [-0.2, 0) is 6.54 Å². The Balaban J connectivity index is 1.76. The number of rotatable bonds is 4. The van der Waals surface area contributed by atoms with Crippen LogP contribution in [0, 0.1) is 0 Å². The van der Waals surface area contributed by atoms with Crippen molar-refractivity contribution >= 4 is 23.5 Å². The summed E-state index contributed by atoms with van der Waals surface area (Å²) < 4.78 is 5.05. The molecule has 0 bridgehead atoms. The van der Waals surface area contributed by atoms with Gasteiger partial charge in [-0.25, -0.2) is 10.2 Å². The number of carbonyl (C=O) groups is 2. The van der Waals surface area contributed by atoms with Gasteiger partial charge in [0, 0.05) is 17.1 Å². The summed E-state index contributed by atoms with van der Waals surface area (Å²) in [6.07, 6.45) is 0. The molecule has 7 heteroatoms. The van der Waals surface area contributed by atoms with Crippen molar-refractivity contribution in [1.29, 1.82) is 0 Å². The van der Waals surface area contributed by atoms with Crippen molar-refractivity contribution < 1.29 is 14.3 Å². The van der Waals surface area contributed by atoms with Gasteiger partial charge < -0.3 is 10.1 Å². The van der Waals surface area contributed by atoms with Gasteiger partial charge >= 0.3 is 6.03 Å². The first-order valence-electron chi connectivity index (χ1n) is 6.81. The minimum Gasteiger partial charge on any atom is -0.497 e. The third-order valence-electron chi connectivity index (χ3n) is 3.01. The highest BCUT2D eigenvalue weighted by atomic mass is 35.5. The molecule has 0 heterocycles. The maximum Gasteiger partial charge on any atom is 0.333 e. The van der Waals surface area contributed by atoms with Crippen molar-refractivity contribution in [2.24, 2.45) is 0 Å². The Hall–Kier alpha value is -2.73. The zero-order chi connectivity index (χ0) is 16.7. The highest BCUT2D eigenvalue weighted by Crippen LogP contribution is 2.11. The van der Waals surface area contributed by atoms with E-state index in [1.165, 1.54) is 0 Å². The number of hydrogen-bond acceptors (Lipinski definition) is 3. The van der Waals surface area contributed by atoms with Gasteiger partial charge in [-0.15, -0.1) is 0 Å². The van der Waals surface area contributed by atoms with Gasteiger partial charge in [0.2, 0.25) is 0 Å². The molecule has 6 nitrogen and oxygen atoms in total. The molecule has 2 aromatic carbocycles. The van der Waals surface area contributed by atoms with E-state index in [1.807, 2.05) is 12.1 Å². The monoisotopic (exact) mass is 333 g/mol. The third kappa shape index (κ3) is 5.19. The summed E-state index contributed by atoms with van der Waals surface area (Å²) in [5, 5.41) is 3.16. The van der Waals surface area contributed by atoms with Gasteiger partial charge in [-0.2, -0.15) is 0 Å². The van der Waals surface area contributed by atoms with Crippen LogP contribution in [0.4, 0.5) is 4.79 Å². The molecule has 0 fully saturated rings. The molecule has 0 radical (unpaired) electrons. The fourth-order valence-electron chi connectivity index (χ4n) is 1.76. The van der Waals surface area contributed by atoms with Gasteiger partial charge in [-0.1, -0.05) is 23.7 Å². The molecule has 0 aliphatic heterocycles. The van der Waals surface area contributed by atoms with Crippen molar-refractivity contribution in [3.05, 3.63) is 64.7 Å². The number of hydrogen-bond donors (Lipinski definition) is 3. The van der Waals surface area contributed by atoms with Crippen LogP contribution in [0.2, 0.25) is 5.02 Å². The third-order valence-corrected chi connectivity index (χ3v) is 3.26. The quantitative estimate of drug-likeness (QED) is 0.752. The first-order valence-corrected chi connectivity index (χ1v) is 7.19. The standard InChI is InChI=1S/C16H16ClN3O3/c1-23-14-8-2-11(3-9-14)10-18-16(22)20-19-15(21)12-4-6-13(17)7-5-12/h2-9H,10H2,1H3,(H,19,21)(H2,18,20,22). The lowest BCUT2D eigenvalue weighted by Gasteiger charge is -2.09. The summed E-state index contributed by atoms with van der Waals surface area (Å²) in [5.74, 6) is 0.315. The topological polar surface area (TPSA) is 79.5 Å². The zero-order valence-corrected chi connectivity index (χ0v) is 13.2. The minimum atomic E-state index is -0.511. The van der Waals surface area contributed by atoms with Gasteiger partial charge in [-0.3, -0.25) is 10.2 Å². The molecule has 23 heavy (non-hydrogen) atoms. The lowest BCUT2D eigenvalue weighted by Crippen LogP contribution is -2.46. The predicted octanol–water partition coefficient (Wildman–Crippen LogP) is 2.49. The number of carbonyl (C=O) groups excluding carboxylic acids is 2. The number of hydrazine groups is 1.